The summed E-state index contributed by atoms with van der Waals surface area (Å²) in [5, 5.41) is 1.49. The number of thiophene rings is 1. The number of rotatable bonds is 7. The van der Waals surface area contributed by atoms with Crippen molar-refractivity contribution in [3.05, 3.63) is 16.0 Å². The molecule has 2 rings (SSSR count). The summed E-state index contributed by atoms with van der Waals surface area (Å²) < 4.78 is 5.09. The Kier molecular flexibility index (Phi) is 6.89. The van der Waals surface area contributed by atoms with E-state index in [0.717, 1.165) is 35.0 Å². The third-order valence-corrected chi connectivity index (χ3v) is 5.55. The summed E-state index contributed by atoms with van der Waals surface area (Å²) in [6.07, 6.45) is 4.35. The first-order valence-electron chi connectivity index (χ1n) is 7.99. The SMILES string of the molecule is CCOC(=O)c1c(N)sc2c1CCN(C(=O)CCCCCBr)C2. The summed E-state index contributed by atoms with van der Waals surface area (Å²) in [7, 11) is 0. The molecule has 0 radical (unpaired) electrons. The molecule has 128 valence electrons. The van der Waals surface area contributed by atoms with Crippen LogP contribution in [0.2, 0.25) is 0 Å². The van der Waals surface area contributed by atoms with Crippen LogP contribution in [0.4, 0.5) is 5.00 Å². The molecule has 0 saturated heterocycles. The number of esters is 1. The molecule has 2 heterocycles. The van der Waals surface area contributed by atoms with Crippen LogP contribution in [-0.2, 0) is 22.5 Å². The molecule has 0 unspecified atom stereocenters. The van der Waals surface area contributed by atoms with E-state index in [1.54, 1.807) is 6.92 Å². The van der Waals surface area contributed by atoms with Gasteiger partial charge in [-0.25, -0.2) is 4.79 Å². The number of alkyl halides is 1. The largest absolute Gasteiger partial charge is 0.462 e. The number of hydrogen-bond donors (Lipinski definition) is 1. The van der Waals surface area contributed by atoms with Crippen LogP contribution in [0.1, 0.15) is 53.4 Å². The summed E-state index contributed by atoms with van der Waals surface area (Å²) >= 11 is 4.80. The Morgan fingerprint density at radius 2 is 2.13 bits per heavy atom. The lowest BCUT2D eigenvalue weighted by molar-refractivity contribution is -0.132. The van der Waals surface area contributed by atoms with Crippen LogP contribution in [0.25, 0.3) is 0 Å². The van der Waals surface area contributed by atoms with Gasteiger partial charge in [0.05, 0.1) is 18.7 Å². The van der Waals surface area contributed by atoms with E-state index in [2.05, 4.69) is 15.9 Å². The van der Waals surface area contributed by atoms with Gasteiger partial charge < -0.3 is 15.4 Å². The second kappa shape index (κ2) is 8.68. The fourth-order valence-corrected chi connectivity index (χ4v) is 4.29. The van der Waals surface area contributed by atoms with Gasteiger partial charge in [-0.05, 0) is 31.7 Å². The van der Waals surface area contributed by atoms with Gasteiger partial charge in [0.1, 0.15) is 5.00 Å². The van der Waals surface area contributed by atoms with Gasteiger partial charge in [-0.1, -0.05) is 22.4 Å². The number of halogens is 1. The van der Waals surface area contributed by atoms with Crippen molar-refractivity contribution >= 4 is 44.1 Å². The first-order chi connectivity index (χ1) is 11.1. The number of nitrogens with two attached hydrogens (primary N) is 1. The fourth-order valence-electron chi connectivity index (χ4n) is 2.77. The van der Waals surface area contributed by atoms with Crippen molar-refractivity contribution < 1.29 is 14.3 Å². The Morgan fingerprint density at radius 1 is 1.35 bits per heavy atom. The zero-order valence-corrected chi connectivity index (χ0v) is 15.8. The molecular weight excluding hydrogens is 380 g/mol. The Labute approximate surface area is 149 Å². The smallest absolute Gasteiger partial charge is 0.341 e. The number of carbonyl (C=O) groups excluding carboxylic acids is 2. The summed E-state index contributed by atoms with van der Waals surface area (Å²) in [6, 6.07) is 0. The van der Waals surface area contributed by atoms with Crippen molar-refractivity contribution in [1.82, 2.24) is 4.90 Å². The minimum atomic E-state index is -0.350. The van der Waals surface area contributed by atoms with Crippen molar-refractivity contribution in [2.75, 3.05) is 24.2 Å². The molecule has 0 saturated carbocycles. The highest BCUT2D eigenvalue weighted by atomic mass is 79.9. The van der Waals surface area contributed by atoms with Crippen LogP contribution in [0, 0.1) is 0 Å². The predicted molar refractivity (Wildman–Crippen MR) is 96.1 cm³/mol. The molecule has 1 amide bonds. The van der Waals surface area contributed by atoms with Gasteiger partial charge in [-0.2, -0.15) is 0 Å². The number of anilines is 1. The molecule has 0 bridgehead atoms. The van der Waals surface area contributed by atoms with Crippen molar-refractivity contribution in [3.63, 3.8) is 0 Å². The lowest BCUT2D eigenvalue weighted by Crippen LogP contribution is -2.35. The highest BCUT2D eigenvalue weighted by Gasteiger charge is 2.29. The van der Waals surface area contributed by atoms with Crippen molar-refractivity contribution in [3.8, 4) is 0 Å². The normalized spacial score (nSPS) is 13.7. The minimum Gasteiger partial charge on any atom is -0.462 e. The number of hydrogen-bond acceptors (Lipinski definition) is 5. The standard InChI is InChI=1S/C16H23BrN2O3S/c1-2-22-16(21)14-11-7-9-19(10-12(11)23-15(14)18)13(20)6-4-3-5-8-17/h2-10,18H2,1H3. The predicted octanol–water partition coefficient (Wildman–Crippen LogP) is 3.35. The second-order valence-corrected chi connectivity index (χ2v) is 7.46. The zero-order valence-electron chi connectivity index (χ0n) is 13.4. The summed E-state index contributed by atoms with van der Waals surface area (Å²) in [5.74, 6) is -0.160. The average Bonchev–Trinajstić information content (AvgIpc) is 2.86. The maximum Gasteiger partial charge on any atom is 0.341 e. The van der Waals surface area contributed by atoms with E-state index in [-0.39, 0.29) is 11.9 Å². The van der Waals surface area contributed by atoms with Gasteiger partial charge in [-0.3, -0.25) is 4.79 Å². The van der Waals surface area contributed by atoms with Crippen molar-refractivity contribution in [2.45, 2.75) is 45.6 Å². The molecule has 1 aliphatic heterocycles. The van der Waals surface area contributed by atoms with Crippen molar-refractivity contribution in [1.29, 1.82) is 0 Å². The molecule has 1 aromatic heterocycles. The molecule has 23 heavy (non-hydrogen) atoms. The molecule has 0 spiro atoms. The van der Waals surface area contributed by atoms with E-state index in [9.17, 15) is 9.59 Å². The Bertz CT molecular complexity index is 574. The van der Waals surface area contributed by atoms with Gasteiger partial charge in [0.15, 0.2) is 0 Å². The van der Waals surface area contributed by atoms with Gasteiger partial charge in [0.25, 0.3) is 0 Å². The van der Waals surface area contributed by atoms with Crippen LogP contribution < -0.4 is 5.73 Å². The van der Waals surface area contributed by atoms with Crippen LogP contribution in [0.5, 0.6) is 0 Å². The van der Waals surface area contributed by atoms with E-state index in [0.29, 0.717) is 43.1 Å². The summed E-state index contributed by atoms with van der Waals surface area (Å²) in [4.78, 5) is 27.2. The van der Waals surface area contributed by atoms with E-state index >= 15 is 0 Å². The quantitative estimate of drug-likeness (QED) is 0.431. The third kappa shape index (κ3) is 4.47. The first kappa shape index (κ1) is 18.3. The van der Waals surface area contributed by atoms with E-state index in [1.165, 1.54) is 11.3 Å². The monoisotopic (exact) mass is 402 g/mol. The number of unbranched alkanes of at least 4 members (excludes halogenated alkanes) is 2. The lowest BCUT2D eigenvalue weighted by atomic mass is 10.0. The number of nitrogen functional groups attached to an aromatic ring is 1. The fraction of sp³-hybridized carbons (Fsp3) is 0.625. The van der Waals surface area contributed by atoms with Crippen molar-refractivity contribution in [2.24, 2.45) is 0 Å². The zero-order chi connectivity index (χ0) is 16.8. The number of ether oxygens (including phenoxy) is 1. The summed E-state index contributed by atoms with van der Waals surface area (Å²) in [5.41, 5.74) is 7.47. The molecule has 2 N–H and O–H groups in total. The summed E-state index contributed by atoms with van der Waals surface area (Å²) in [6.45, 7) is 3.32. The number of nitrogens with zero attached hydrogens (tertiary/aromatic N) is 1. The topological polar surface area (TPSA) is 72.6 Å². The molecule has 0 aliphatic carbocycles. The van der Waals surface area contributed by atoms with E-state index in [4.69, 9.17) is 10.5 Å². The Balaban J connectivity index is 2.00. The van der Waals surface area contributed by atoms with Crippen LogP contribution in [-0.4, -0.2) is 35.3 Å². The Hall–Kier alpha value is -1.08. The molecular formula is C16H23BrN2O3S. The van der Waals surface area contributed by atoms with Gasteiger partial charge in [0, 0.05) is 23.2 Å². The number of fused-ring (bicyclic) bond motifs is 1. The van der Waals surface area contributed by atoms with Gasteiger partial charge in [-0.15, -0.1) is 11.3 Å². The molecule has 0 atom stereocenters. The highest BCUT2D eigenvalue weighted by Crippen LogP contribution is 2.35. The van der Waals surface area contributed by atoms with E-state index < -0.39 is 0 Å². The number of amides is 1. The van der Waals surface area contributed by atoms with E-state index in [1.807, 2.05) is 4.90 Å². The van der Waals surface area contributed by atoms with Gasteiger partial charge >= 0.3 is 5.97 Å². The highest BCUT2D eigenvalue weighted by molar-refractivity contribution is 9.09. The van der Waals surface area contributed by atoms with Crippen LogP contribution in [0.3, 0.4) is 0 Å². The third-order valence-electron chi connectivity index (χ3n) is 3.94. The Morgan fingerprint density at radius 3 is 2.83 bits per heavy atom. The minimum absolute atomic E-state index is 0.190. The van der Waals surface area contributed by atoms with Crippen LogP contribution in [0.15, 0.2) is 0 Å². The molecule has 7 heteroatoms. The lowest BCUT2D eigenvalue weighted by Gasteiger charge is -2.27. The number of carbonyl (C=O) groups is 2. The molecule has 1 aromatic rings. The van der Waals surface area contributed by atoms with Gasteiger partial charge in [0.2, 0.25) is 5.91 Å². The second-order valence-electron chi connectivity index (χ2n) is 5.53. The maximum absolute atomic E-state index is 12.3. The maximum atomic E-state index is 12.3. The molecule has 0 aromatic carbocycles. The average molecular weight is 403 g/mol. The first-order valence-corrected chi connectivity index (χ1v) is 9.93. The van der Waals surface area contributed by atoms with Crippen LogP contribution >= 0.6 is 27.3 Å². The molecule has 0 fully saturated rings. The molecule has 5 nitrogen and oxygen atoms in total. The molecule has 1 aliphatic rings.